The van der Waals surface area contributed by atoms with Gasteiger partial charge in [0, 0.05) is 5.56 Å². The van der Waals surface area contributed by atoms with Crippen molar-refractivity contribution in [2.24, 2.45) is 0 Å². The van der Waals surface area contributed by atoms with Crippen LogP contribution in [-0.2, 0) is 0 Å². The lowest BCUT2D eigenvalue weighted by Crippen LogP contribution is -2.16. The van der Waals surface area contributed by atoms with E-state index in [0.717, 1.165) is 18.2 Å². The molecule has 0 aromatic heterocycles. The van der Waals surface area contributed by atoms with Gasteiger partial charge in [0.1, 0.15) is 11.4 Å². The number of hydrogen-bond donors (Lipinski definition) is 2. The van der Waals surface area contributed by atoms with Crippen LogP contribution in [0.3, 0.4) is 0 Å². The highest BCUT2D eigenvalue weighted by Gasteiger charge is 2.18. The molecule has 2 N–H and O–H groups in total. The molecule has 0 fully saturated rings. The lowest BCUT2D eigenvalue weighted by molar-refractivity contribution is 0.0693. The van der Waals surface area contributed by atoms with Crippen molar-refractivity contribution in [1.29, 1.82) is 0 Å². The second kappa shape index (κ2) is 5.66. The zero-order valence-electron chi connectivity index (χ0n) is 10.4. The van der Waals surface area contributed by atoms with Crippen LogP contribution >= 0.6 is 0 Å². The molecule has 0 radical (unpaired) electrons. The van der Waals surface area contributed by atoms with E-state index < -0.39 is 34.9 Å². The summed E-state index contributed by atoms with van der Waals surface area (Å²) in [5.74, 6) is -5.81. The fourth-order valence-corrected chi connectivity index (χ4v) is 1.68. The number of nitrogens with one attached hydrogen (secondary N) is 1. The first-order valence-corrected chi connectivity index (χ1v) is 5.68. The minimum atomic E-state index is -1.56. The lowest BCUT2D eigenvalue weighted by Gasteiger charge is -2.09. The molecule has 1 amide bonds. The monoisotopic (exact) mass is 295 g/mol. The number of carboxylic acid groups (broad SMARTS) is 1. The molecule has 0 unspecified atom stereocenters. The van der Waals surface area contributed by atoms with Crippen LogP contribution in [0.15, 0.2) is 36.4 Å². The molecule has 0 bridgehead atoms. The molecule has 0 atom stereocenters. The van der Waals surface area contributed by atoms with Crippen LogP contribution in [-0.4, -0.2) is 17.0 Å². The van der Waals surface area contributed by atoms with Crippen molar-refractivity contribution in [3.05, 3.63) is 65.0 Å². The largest absolute Gasteiger partial charge is 0.478 e. The average molecular weight is 295 g/mol. The third-order valence-corrected chi connectivity index (χ3v) is 2.66. The zero-order chi connectivity index (χ0) is 15.6. The normalized spacial score (nSPS) is 10.2. The average Bonchev–Trinajstić information content (AvgIpc) is 2.41. The maximum Gasteiger partial charge on any atom is 0.340 e. The number of hydrogen-bond acceptors (Lipinski definition) is 2. The Kier molecular flexibility index (Phi) is 3.93. The van der Waals surface area contributed by atoms with E-state index in [1.54, 1.807) is 0 Å². The topological polar surface area (TPSA) is 66.4 Å². The highest BCUT2D eigenvalue weighted by atomic mass is 19.2. The SMILES string of the molecule is O=C(Nc1cccc(F)c1C(=O)O)c1ccc(F)c(F)c1. The van der Waals surface area contributed by atoms with Gasteiger partial charge < -0.3 is 10.4 Å². The summed E-state index contributed by atoms with van der Waals surface area (Å²) >= 11 is 0. The molecule has 108 valence electrons. The summed E-state index contributed by atoms with van der Waals surface area (Å²) in [5.41, 5.74) is -1.22. The van der Waals surface area contributed by atoms with Crippen molar-refractivity contribution in [3.8, 4) is 0 Å². The van der Waals surface area contributed by atoms with Gasteiger partial charge in [-0.15, -0.1) is 0 Å². The molecule has 0 saturated carbocycles. The molecule has 0 spiro atoms. The Balaban J connectivity index is 2.34. The molecule has 4 nitrogen and oxygen atoms in total. The zero-order valence-corrected chi connectivity index (χ0v) is 10.4. The summed E-state index contributed by atoms with van der Waals surface area (Å²) in [7, 11) is 0. The number of benzene rings is 2. The van der Waals surface area contributed by atoms with E-state index in [1.807, 2.05) is 0 Å². The van der Waals surface area contributed by atoms with Crippen LogP contribution in [0.5, 0.6) is 0 Å². The Hall–Kier alpha value is -2.83. The lowest BCUT2D eigenvalue weighted by atomic mass is 10.1. The van der Waals surface area contributed by atoms with Gasteiger partial charge in [0.15, 0.2) is 11.6 Å². The molecule has 21 heavy (non-hydrogen) atoms. The number of halogens is 3. The van der Waals surface area contributed by atoms with Crippen molar-refractivity contribution < 1.29 is 27.9 Å². The third-order valence-electron chi connectivity index (χ3n) is 2.66. The molecule has 0 heterocycles. The summed E-state index contributed by atoms with van der Waals surface area (Å²) in [4.78, 5) is 22.8. The van der Waals surface area contributed by atoms with Crippen molar-refractivity contribution >= 4 is 17.6 Å². The van der Waals surface area contributed by atoms with Crippen LogP contribution in [0.25, 0.3) is 0 Å². The van der Waals surface area contributed by atoms with Gasteiger partial charge in [-0.25, -0.2) is 18.0 Å². The van der Waals surface area contributed by atoms with Gasteiger partial charge in [-0.3, -0.25) is 4.79 Å². The summed E-state index contributed by atoms with van der Waals surface area (Å²) < 4.78 is 39.2. The van der Waals surface area contributed by atoms with Gasteiger partial charge in [-0.2, -0.15) is 0 Å². The predicted molar refractivity (Wildman–Crippen MR) is 67.7 cm³/mol. The third kappa shape index (κ3) is 3.02. The minimum absolute atomic E-state index is 0.227. The van der Waals surface area contributed by atoms with E-state index in [9.17, 15) is 22.8 Å². The summed E-state index contributed by atoms with van der Waals surface area (Å²) in [5, 5.41) is 11.1. The number of aromatic carboxylic acids is 1. The quantitative estimate of drug-likeness (QED) is 0.914. The van der Waals surface area contributed by atoms with Crippen LogP contribution in [0.2, 0.25) is 0 Å². The number of anilines is 1. The summed E-state index contributed by atoms with van der Waals surface area (Å²) in [6, 6.07) is 5.76. The molecule has 0 aliphatic heterocycles. The van der Waals surface area contributed by atoms with Crippen LogP contribution in [0.4, 0.5) is 18.9 Å². The molecular weight excluding hydrogens is 287 g/mol. The second-order valence-electron chi connectivity index (χ2n) is 4.05. The molecule has 0 aliphatic carbocycles. The smallest absolute Gasteiger partial charge is 0.340 e. The molecule has 0 aliphatic rings. The second-order valence-corrected chi connectivity index (χ2v) is 4.05. The highest BCUT2D eigenvalue weighted by molar-refractivity contribution is 6.07. The Labute approximate surface area is 116 Å². The van der Waals surface area contributed by atoms with Crippen LogP contribution < -0.4 is 5.32 Å². The predicted octanol–water partition coefficient (Wildman–Crippen LogP) is 3.05. The number of carbonyl (C=O) groups excluding carboxylic acids is 1. The fraction of sp³-hybridized carbons (Fsp3) is 0. The molecule has 2 aromatic carbocycles. The van der Waals surface area contributed by atoms with E-state index in [-0.39, 0.29) is 11.3 Å². The number of amides is 1. The molecule has 2 rings (SSSR count). The van der Waals surface area contributed by atoms with Crippen LogP contribution in [0.1, 0.15) is 20.7 Å². The molecule has 7 heteroatoms. The van der Waals surface area contributed by atoms with Gasteiger partial charge in [-0.05, 0) is 30.3 Å². The standard InChI is InChI=1S/C14H8F3NO3/c15-8-5-4-7(6-10(8)17)13(19)18-11-3-1-2-9(16)12(11)14(20)21/h1-6H,(H,18,19)(H,20,21). The van der Waals surface area contributed by atoms with E-state index >= 15 is 0 Å². The van der Waals surface area contributed by atoms with Gasteiger partial charge in [0.05, 0.1) is 5.69 Å². The minimum Gasteiger partial charge on any atom is -0.478 e. The Bertz CT molecular complexity index is 731. The van der Waals surface area contributed by atoms with Gasteiger partial charge in [0.2, 0.25) is 0 Å². The van der Waals surface area contributed by atoms with Crippen molar-refractivity contribution in [3.63, 3.8) is 0 Å². The van der Waals surface area contributed by atoms with Gasteiger partial charge >= 0.3 is 5.97 Å². The molecule has 0 saturated heterocycles. The summed E-state index contributed by atoms with van der Waals surface area (Å²) in [6.45, 7) is 0. The van der Waals surface area contributed by atoms with E-state index in [0.29, 0.717) is 6.07 Å². The Morgan fingerprint density at radius 3 is 2.29 bits per heavy atom. The number of carboxylic acids is 1. The van der Waals surface area contributed by atoms with Gasteiger partial charge in [0.25, 0.3) is 5.91 Å². The maximum absolute atomic E-state index is 13.4. The first-order valence-electron chi connectivity index (χ1n) is 5.68. The fourth-order valence-electron chi connectivity index (χ4n) is 1.68. The van der Waals surface area contributed by atoms with Gasteiger partial charge in [-0.1, -0.05) is 6.07 Å². The highest BCUT2D eigenvalue weighted by Crippen LogP contribution is 2.20. The first kappa shape index (κ1) is 14.6. The van der Waals surface area contributed by atoms with E-state index in [1.165, 1.54) is 12.1 Å². The van der Waals surface area contributed by atoms with E-state index in [4.69, 9.17) is 5.11 Å². The Morgan fingerprint density at radius 1 is 0.952 bits per heavy atom. The number of rotatable bonds is 3. The van der Waals surface area contributed by atoms with Crippen molar-refractivity contribution in [2.45, 2.75) is 0 Å². The molecular formula is C14H8F3NO3. The Morgan fingerprint density at radius 2 is 1.67 bits per heavy atom. The molecule has 2 aromatic rings. The van der Waals surface area contributed by atoms with Crippen molar-refractivity contribution in [1.82, 2.24) is 0 Å². The summed E-state index contributed by atoms with van der Waals surface area (Å²) in [6.07, 6.45) is 0. The number of carbonyl (C=O) groups is 2. The maximum atomic E-state index is 13.4. The first-order chi connectivity index (χ1) is 9.90. The van der Waals surface area contributed by atoms with E-state index in [2.05, 4.69) is 5.32 Å². The van der Waals surface area contributed by atoms with Crippen molar-refractivity contribution in [2.75, 3.05) is 5.32 Å². The van der Waals surface area contributed by atoms with Crippen LogP contribution in [0, 0.1) is 17.5 Å².